The molecule has 1 saturated heterocycles. The minimum Gasteiger partial charge on any atom is -0.480 e. The van der Waals surface area contributed by atoms with Gasteiger partial charge in [-0.15, -0.1) is 23.1 Å². The topological polar surface area (TPSA) is 79.3 Å². The number of aromatic nitrogens is 1. The molecule has 1 unspecified atom stereocenters. The molecule has 0 bridgehead atoms. The van der Waals surface area contributed by atoms with Gasteiger partial charge in [-0.25, -0.2) is 9.78 Å². The molecule has 7 heteroatoms. The number of carbonyl (C=O) groups excluding carboxylic acids is 1. The van der Waals surface area contributed by atoms with Crippen LogP contribution in [0.1, 0.15) is 12.6 Å². The average Bonchev–Trinajstić information content (AvgIpc) is 2.92. The lowest BCUT2D eigenvalue weighted by atomic mass is 10.3. The fraction of sp³-hybridized carbons (Fsp3) is 0.250. The number of thiazole rings is 1. The number of carbonyl (C=O) groups is 2. The molecule has 1 atom stereocenters. The summed E-state index contributed by atoms with van der Waals surface area (Å²) in [5.74, 6) is -0.443. The Morgan fingerprint density at radius 1 is 1.58 bits per heavy atom. The number of ketones is 1. The van der Waals surface area contributed by atoms with E-state index >= 15 is 0 Å². The first-order valence-electron chi connectivity index (χ1n) is 5.48. The maximum absolute atomic E-state index is 10.9. The van der Waals surface area contributed by atoms with Crippen molar-refractivity contribution in [1.29, 1.82) is 0 Å². The van der Waals surface area contributed by atoms with Crippen LogP contribution < -0.4 is 14.5 Å². The molecule has 2 rings (SSSR count). The van der Waals surface area contributed by atoms with Crippen LogP contribution in [0.3, 0.4) is 0 Å². The molecule has 0 aliphatic carbocycles. The maximum Gasteiger partial charge on any atom is 0.327 e. The third kappa shape index (κ3) is 3.24. The lowest BCUT2D eigenvalue weighted by Crippen LogP contribution is -2.32. The van der Waals surface area contributed by atoms with Crippen molar-refractivity contribution in [1.82, 2.24) is 10.3 Å². The summed E-state index contributed by atoms with van der Waals surface area (Å²) in [7, 11) is 0. The number of aliphatic carboxylic acids is 1. The van der Waals surface area contributed by atoms with Crippen LogP contribution >= 0.6 is 23.1 Å². The van der Waals surface area contributed by atoms with Gasteiger partial charge < -0.3 is 10.4 Å². The Morgan fingerprint density at radius 3 is 2.89 bits per heavy atom. The Kier molecular flexibility index (Phi) is 4.06. The van der Waals surface area contributed by atoms with E-state index in [-0.39, 0.29) is 5.78 Å². The number of hydrogen-bond donors (Lipinski definition) is 2. The van der Waals surface area contributed by atoms with E-state index < -0.39 is 12.0 Å². The first-order chi connectivity index (χ1) is 8.97. The largest absolute Gasteiger partial charge is 0.480 e. The van der Waals surface area contributed by atoms with Crippen molar-refractivity contribution in [2.75, 3.05) is 5.75 Å². The molecule has 2 N–H and O–H groups in total. The van der Waals surface area contributed by atoms with Crippen molar-refractivity contribution in [2.24, 2.45) is 0 Å². The second-order valence-corrected chi connectivity index (χ2v) is 6.06. The molecule has 1 aliphatic heterocycles. The highest BCUT2D eigenvalue weighted by Gasteiger charge is 2.26. The summed E-state index contributed by atoms with van der Waals surface area (Å²) in [6, 6.07) is -0.576. The number of hydrogen-bond acceptors (Lipinski definition) is 6. The van der Waals surface area contributed by atoms with Crippen molar-refractivity contribution in [3.8, 4) is 0 Å². The molecule has 0 aromatic carbocycles. The molecule has 2 heterocycles. The van der Waals surface area contributed by atoms with Crippen molar-refractivity contribution >= 4 is 52.5 Å². The van der Waals surface area contributed by atoms with Gasteiger partial charge in [0.1, 0.15) is 15.7 Å². The first-order valence-corrected chi connectivity index (χ1v) is 7.28. The molecule has 1 aromatic heterocycles. The molecule has 0 saturated carbocycles. The third-order valence-corrected chi connectivity index (χ3v) is 4.57. The molecule has 0 spiro atoms. The minimum absolute atomic E-state index is 0.0547. The van der Waals surface area contributed by atoms with Gasteiger partial charge in [-0.2, -0.15) is 0 Å². The molecule has 100 valence electrons. The Labute approximate surface area is 117 Å². The van der Waals surface area contributed by atoms with E-state index in [0.29, 0.717) is 16.1 Å². The van der Waals surface area contributed by atoms with Crippen LogP contribution in [0.15, 0.2) is 6.08 Å². The van der Waals surface area contributed by atoms with Crippen molar-refractivity contribution in [3.63, 3.8) is 0 Å². The van der Waals surface area contributed by atoms with Gasteiger partial charge in [0.25, 0.3) is 0 Å². The lowest BCUT2D eigenvalue weighted by Gasteiger charge is -2.01. The zero-order valence-corrected chi connectivity index (χ0v) is 11.8. The summed E-state index contributed by atoms with van der Waals surface area (Å²) in [6.45, 7) is 5.34. The van der Waals surface area contributed by atoms with Crippen molar-refractivity contribution < 1.29 is 14.7 Å². The van der Waals surface area contributed by atoms with Crippen LogP contribution in [0, 0.1) is 0 Å². The van der Waals surface area contributed by atoms with E-state index in [2.05, 4.69) is 16.9 Å². The number of carboxylic acids is 1. The van der Waals surface area contributed by atoms with Crippen LogP contribution in [-0.2, 0) is 9.59 Å². The maximum atomic E-state index is 10.9. The monoisotopic (exact) mass is 296 g/mol. The van der Waals surface area contributed by atoms with Crippen LogP contribution in [-0.4, -0.2) is 33.6 Å². The van der Waals surface area contributed by atoms with E-state index in [1.54, 1.807) is 6.08 Å². The number of allylic oxidation sites excluding steroid dienone is 1. The molecular formula is C12H12N2O3S2. The van der Waals surface area contributed by atoms with Crippen LogP contribution in [0.4, 0.5) is 0 Å². The Balaban J connectivity index is 2.33. The van der Waals surface area contributed by atoms with Gasteiger partial charge in [0.15, 0.2) is 5.78 Å². The first kappa shape index (κ1) is 13.8. The highest BCUT2D eigenvalue weighted by molar-refractivity contribution is 8.08. The SMILES string of the molecule is C=c1sc(=C2NC(C(=O)O)CS2)nc1C=CC(C)=O. The predicted octanol–water partition coefficient (Wildman–Crippen LogP) is 0.0109. The Bertz CT molecular complexity index is 663. The van der Waals surface area contributed by atoms with Gasteiger partial charge in [0.2, 0.25) is 0 Å². The average molecular weight is 296 g/mol. The number of thioether (sulfide) groups is 1. The molecule has 1 aliphatic rings. The van der Waals surface area contributed by atoms with Gasteiger partial charge >= 0.3 is 5.97 Å². The zero-order valence-electron chi connectivity index (χ0n) is 10.2. The van der Waals surface area contributed by atoms with E-state index in [0.717, 1.165) is 9.56 Å². The van der Waals surface area contributed by atoms with E-state index in [4.69, 9.17) is 5.11 Å². The quantitative estimate of drug-likeness (QED) is 0.765. The number of carboxylic acid groups (broad SMARTS) is 1. The van der Waals surface area contributed by atoms with Gasteiger partial charge in [-0.1, -0.05) is 6.58 Å². The Hall–Kier alpha value is -1.60. The second-order valence-electron chi connectivity index (χ2n) is 3.95. The zero-order chi connectivity index (χ0) is 14.0. The summed E-state index contributed by atoms with van der Waals surface area (Å²) in [5, 5.41) is 12.6. The second kappa shape index (κ2) is 5.58. The summed E-state index contributed by atoms with van der Waals surface area (Å²) in [5.41, 5.74) is 0.642. The molecule has 5 nitrogen and oxygen atoms in total. The number of nitrogens with one attached hydrogen (secondary N) is 1. The van der Waals surface area contributed by atoms with Gasteiger partial charge in [0.05, 0.1) is 5.69 Å². The van der Waals surface area contributed by atoms with Crippen LogP contribution in [0.5, 0.6) is 0 Å². The van der Waals surface area contributed by atoms with Crippen LogP contribution in [0.2, 0.25) is 0 Å². The molecule has 1 aromatic rings. The summed E-state index contributed by atoms with van der Waals surface area (Å²) < 4.78 is 1.46. The minimum atomic E-state index is -0.870. The highest BCUT2D eigenvalue weighted by atomic mass is 32.2. The molecular weight excluding hydrogens is 284 g/mol. The van der Waals surface area contributed by atoms with Crippen molar-refractivity contribution in [3.05, 3.63) is 21.0 Å². The predicted molar refractivity (Wildman–Crippen MR) is 77.0 cm³/mol. The highest BCUT2D eigenvalue weighted by Crippen LogP contribution is 2.22. The van der Waals surface area contributed by atoms with Gasteiger partial charge in [-0.05, 0) is 19.1 Å². The summed E-state index contributed by atoms with van der Waals surface area (Å²) in [6.07, 6.45) is 3.06. The standard InChI is InChI=1S/C12H12N2O3S2/c1-6(15)3-4-8-7(2)19-11(13-8)10-14-9(5-18-10)12(16)17/h3-4,9,14H,2,5H2,1H3,(H,16,17). The molecule has 19 heavy (non-hydrogen) atoms. The third-order valence-electron chi connectivity index (χ3n) is 2.40. The van der Waals surface area contributed by atoms with E-state index in [9.17, 15) is 9.59 Å². The van der Waals surface area contributed by atoms with E-state index in [1.807, 2.05) is 0 Å². The fourth-order valence-electron chi connectivity index (χ4n) is 1.45. The van der Waals surface area contributed by atoms with Crippen LogP contribution in [0.25, 0.3) is 17.7 Å². The van der Waals surface area contributed by atoms with Gasteiger partial charge in [0, 0.05) is 10.3 Å². The Morgan fingerprint density at radius 2 is 2.32 bits per heavy atom. The summed E-state index contributed by atoms with van der Waals surface area (Å²) >= 11 is 2.81. The summed E-state index contributed by atoms with van der Waals surface area (Å²) in [4.78, 5) is 26.1. The van der Waals surface area contributed by atoms with Crippen molar-refractivity contribution in [2.45, 2.75) is 13.0 Å². The molecule has 0 radical (unpaired) electrons. The molecule has 1 fully saturated rings. The number of nitrogens with zero attached hydrogens (tertiary/aromatic N) is 1. The van der Waals surface area contributed by atoms with Gasteiger partial charge in [-0.3, -0.25) is 4.79 Å². The fourth-order valence-corrected chi connectivity index (χ4v) is 3.45. The lowest BCUT2D eigenvalue weighted by molar-refractivity contribution is -0.138. The van der Waals surface area contributed by atoms with E-state index in [1.165, 1.54) is 36.1 Å². The smallest absolute Gasteiger partial charge is 0.327 e. The normalized spacial score (nSPS) is 21.6. The number of rotatable bonds is 3. The molecule has 0 amide bonds.